The van der Waals surface area contributed by atoms with Crippen molar-refractivity contribution in [2.45, 2.75) is 13.0 Å². The van der Waals surface area contributed by atoms with E-state index in [0.29, 0.717) is 25.2 Å². The molecule has 0 atom stereocenters. The number of carbonyl (C=O) groups is 2. The summed E-state index contributed by atoms with van der Waals surface area (Å²) in [5.41, 5.74) is 0.604. The van der Waals surface area contributed by atoms with Crippen molar-refractivity contribution in [2.75, 3.05) is 19.6 Å². The zero-order valence-corrected chi connectivity index (χ0v) is 9.31. The van der Waals surface area contributed by atoms with Crippen LogP contribution >= 0.6 is 0 Å². The third kappa shape index (κ3) is 2.85. The van der Waals surface area contributed by atoms with Crippen LogP contribution in [0.1, 0.15) is 22.5 Å². The molecule has 6 nitrogen and oxygen atoms in total. The number of amides is 1. The average molecular weight is 238 g/mol. The van der Waals surface area contributed by atoms with E-state index in [9.17, 15) is 9.59 Å². The van der Waals surface area contributed by atoms with Gasteiger partial charge in [0, 0.05) is 25.2 Å². The Bertz CT molecular complexity index is 427. The van der Waals surface area contributed by atoms with Crippen molar-refractivity contribution in [1.82, 2.24) is 10.2 Å². The van der Waals surface area contributed by atoms with E-state index < -0.39 is 5.97 Å². The molecular formula is C11H14N2O4. The zero-order chi connectivity index (χ0) is 12.3. The van der Waals surface area contributed by atoms with Crippen molar-refractivity contribution < 1.29 is 19.1 Å². The Morgan fingerprint density at radius 1 is 1.59 bits per heavy atom. The Hall–Kier alpha value is -1.82. The number of aromatic carboxylic acids is 1. The summed E-state index contributed by atoms with van der Waals surface area (Å²) in [4.78, 5) is 24.1. The van der Waals surface area contributed by atoms with Crippen LogP contribution in [-0.4, -0.2) is 41.5 Å². The second kappa shape index (κ2) is 5.01. The van der Waals surface area contributed by atoms with Crippen LogP contribution in [0.25, 0.3) is 0 Å². The van der Waals surface area contributed by atoms with Gasteiger partial charge in [-0.15, -0.1) is 0 Å². The van der Waals surface area contributed by atoms with Crippen LogP contribution < -0.4 is 5.32 Å². The van der Waals surface area contributed by atoms with Gasteiger partial charge in [-0.05, 0) is 12.5 Å². The molecule has 0 radical (unpaired) electrons. The molecule has 0 bridgehead atoms. The highest BCUT2D eigenvalue weighted by Crippen LogP contribution is 2.14. The van der Waals surface area contributed by atoms with E-state index in [0.717, 1.165) is 13.0 Å². The molecule has 2 rings (SSSR count). The number of furan rings is 1. The first-order valence-corrected chi connectivity index (χ1v) is 5.45. The molecule has 1 aromatic heterocycles. The molecule has 0 aliphatic carbocycles. The number of nitrogens with one attached hydrogen (secondary N) is 1. The molecule has 0 saturated carbocycles. The maximum Gasteiger partial charge on any atom is 0.372 e. The standard InChI is InChI=1S/C11H14N2O4/c14-9-7-13(4-1-3-12-9)6-8-2-5-17-10(8)11(15)16/h2,5H,1,3-4,6-7H2,(H,12,14)(H,15,16). The van der Waals surface area contributed by atoms with Crippen molar-refractivity contribution in [3.8, 4) is 0 Å². The minimum absolute atomic E-state index is 0.0251. The molecule has 1 saturated heterocycles. The van der Waals surface area contributed by atoms with Gasteiger partial charge in [0.1, 0.15) is 0 Å². The minimum Gasteiger partial charge on any atom is -0.475 e. The number of rotatable bonds is 3. The number of hydrogen-bond acceptors (Lipinski definition) is 4. The highest BCUT2D eigenvalue weighted by molar-refractivity contribution is 5.86. The topological polar surface area (TPSA) is 82.8 Å². The number of nitrogens with zero attached hydrogens (tertiary/aromatic N) is 1. The number of carboxylic acids is 1. The van der Waals surface area contributed by atoms with Crippen molar-refractivity contribution in [1.29, 1.82) is 0 Å². The van der Waals surface area contributed by atoms with E-state index in [2.05, 4.69) is 5.32 Å². The molecular weight excluding hydrogens is 224 g/mol. The summed E-state index contributed by atoms with van der Waals surface area (Å²) >= 11 is 0. The molecule has 1 aliphatic heterocycles. The fraction of sp³-hybridized carbons (Fsp3) is 0.455. The maximum absolute atomic E-state index is 11.3. The molecule has 1 aromatic rings. The van der Waals surface area contributed by atoms with E-state index in [1.165, 1.54) is 6.26 Å². The van der Waals surface area contributed by atoms with E-state index in [1.54, 1.807) is 6.07 Å². The smallest absolute Gasteiger partial charge is 0.372 e. The van der Waals surface area contributed by atoms with E-state index in [-0.39, 0.29) is 11.7 Å². The van der Waals surface area contributed by atoms with Gasteiger partial charge in [-0.25, -0.2) is 4.79 Å². The van der Waals surface area contributed by atoms with Gasteiger partial charge in [-0.1, -0.05) is 0 Å². The SMILES string of the molecule is O=C1CN(Cc2ccoc2C(=O)O)CCCN1. The van der Waals surface area contributed by atoms with Gasteiger partial charge in [-0.3, -0.25) is 9.69 Å². The predicted octanol–water partition coefficient (Wildman–Crippen LogP) is 0.300. The Labute approximate surface area is 98.2 Å². The summed E-state index contributed by atoms with van der Waals surface area (Å²) in [5.74, 6) is -1.15. The molecule has 0 unspecified atom stereocenters. The molecule has 2 heterocycles. The van der Waals surface area contributed by atoms with Gasteiger partial charge < -0.3 is 14.8 Å². The molecule has 92 valence electrons. The van der Waals surface area contributed by atoms with Crippen LogP contribution in [-0.2, 0) is 11.3 Å². The highest BCUT2D eigenvalue weighted by atomic mass is 16.4. The molecule has 1 fully saturated rings. The molecule has 0 spiro atoms. The van der Waals surface area contributed by atoms with Crippen LogP contribution in [0.2, 0.25) is 0 Å². The second-order valence-electron chi connectivity index (χ2n) is 3.99. The summed E-state index contributed by atoms with van der Waals surface area (Å²) in [6.45, 7) is 2.16. The van der Waals surface area contributed by atoms with Gasteiger partial charge in [0.05, 0.1) is 12.8 Å². The van der Waals surface area contributed by atoms with Gasteiger partial charge >= 0.3 is 5.97 Å². The fourth-order valence-electron chi connectivity index (χ4n) is 1.89. The number of hydrogen-bond donors (Lipinski definition) is 2. The average Bonchev–Trinajstić information content (AvgIpc) is 2.62. The van der Waals surface area contributed by atoms with Crippen molar-refractivity contribution >= 4 is 11.9 Å². The lowest BCUT2D eigenvalue weighted by Gasteiger charge is -2.17. The molecule has 2 N–H and O–H groups in total. The third-order valence-electron chi connectivity index (χ3n) is 2.68. The largest absolute Gasteiger partial charge is 0.475 e. The molecule has 17 heavy (non-hydrogen) atoms. The Morgan fingerprint density at radius 3 is 3.18 bits per heavy atom. The van der Waals surface area contributed by atoms with E-state index in [1.807, 2.05) is 4.90 Å². The van der Waals surface area contributed by atoms with Crippen LogP contribution in [0.15, 0.2) is 16.7 Å². The van der Waals surface area contributed by atoms with E-state index in [4.69, 9.17) is 9.52 Å². The Kier molecular flexibility index (Phi) is 3.43. The molecule has 0 aromatic carbocycles. The number of carboxylic acid groups (broad SMARTS) is 1. The lowest BCUT2D eigenvalue weighted by atomic mass is 10.2. The van der Waals surface area contributed by atoms with Crippen LogP contribution in [0.5, 0.6) is 0 Å². The first-order chi connectivity index (χ1) is 8.16. The summed E-state index contributed by atoms with van der Waals surface area (Å²) in [7, 11) is 0. The van der Waals surface area contributed by atoms with Crippen LogP contribution in [0, 0.1) is 0 Å². The third-order valence-corrected chi connectivity index (χ3v) is 2.68. The monoisotopic (exact) mass is 238 g/mol. The first-order valence-electron chi connectivity index (χ1n) is 5.45. The van der Waals surface area contributed by atoms with Crippen LogP contribution in [0.4, 0.5) is 0 Å². The summed E-state index contributed by atoms with van der Waals surface area (Å²) < 4.78 is 4.90. The van der Waals surface area contributed by atoms with Crippen molar-refractivity contribution in [3.05, 3.63) is 23.7 Å². The summed E-state index contributed by atoms with van der Waals surface area (Å²) in [6, 6.07) is 1.63. The summed E-state index contributed by atoms with van der Waals surface area (Å²) in [6.07, 6.45) is 2.22. The second-order valence-corrected chi connectivity index (χ2v) is 3.99. The minimum atomic E-state index is -1.08. The molecule has 1 aliphatic rings. The van der Waals surface area contributed by atoms with Gasteiger partial charge in [0.15, 0.2) is 0 Å². The fourth-order valence-corrected chi connectivity index (χ4v) is 1.89. The van der Waals surface area contributed by atoms with E-state index >= 15 is 0 Å². The summed E-state index contributed by atoms with van der Waals surface area (Å²) in [5, 5.41) is 11.7. The molecule has 6 heteroatoms. The lowest BCUT2D eigenvalue weighted by Crippen LogP contribution is -2.32. The Morgan fingerprint density at radius 2 is 2.41 bits per heavy atom. The van der Waals surface area contributed by atoms with Gasteiger partial charge in [0.2, 0.25) is 11.7 Å². The first kappa shape index (κ1) is 11.7. The highest BCUT2D eigenvalue weighted by Gasteiger charge is 2.19. The normalized spacial score (nSPS) is 17.5. The predicted molar refractivity (Wildman–Crippen MR) is 58.6 cm³/mol. The van der Waals surface area contributed by atoms with Gasteiger partial charge in [-0.2, -0.15) is 0 Å². The quantitative estimate of drug-likeness (QED) is 0.791. The van der Waals surface area contributed by atoms with Crippen molar-refractivity contribution in [2.24, 2.45) is 0 Å². The van der Waals surface area contributed by atoms with Gasteiger partial charge in [0.25, 0.3) is 0 Å². The van der Waals surface area contributed by atoms with Crippen molar-refractivity contribution in [3.63, 3.8) is 0 Å². The van der Waals surface area contributed by atoms with Crippen LogP contribution in [0.3, 0.4) is 0 Å². The zero-order valence-electron chi connectivity index (χ0n) is 9.31. The lowest BCUT2D eigenvalue weighted by molar-refractivity contribution is -0.121. The molecule has 1 amide bonds. The maximum atomic E-state index is 11.3. The Balaban J connectivity index is 2.06. The number of carbonyl (C=O) groups excluding carboxylic acids is 1.